The number of amides is 1. The SMILES string of the molecule is C[C@H](c1ccccc1)N1CC[C@H]2CN(C(=O)OC(C)(C)C)C[C@H]21. The summed E-state index contributed by atoms with van der Waals surface area (Å²) in [5.74, 6) is 0.577. The molecule has 3 atom stereocenters. The molecule has 0 bridgehead atoms. The van der Waals surface area contributed by atoms with Gasteiger partial charge in [-0.05, 0) is 52.1 Å². The van der Waals surface area contributed by atoms with Crippen LogP contribution in [-0.2, 0) is 4.74 Å². The highest BCUT2D eigenvalue weighted by molar-refractivity contribution is 5.68. The van der Waals surface area contributed by atoms with Crippen molar-refractivity contribution in [2.45, 2.75) is 51.8 Å². The number of carbonyl (C=O) groups excluding carboxylic acids is 1. The standard InChI is InChI=1S/C19H28N2O2/c1-14(15-8-6-5-7-9-15)21-11-10-16-12-20(13-17(16)21)18(22)23-19(2,3)4/h5-9,14,16-17H,10-13H2,1-4H3/t14-,16+,17-/m1/s1. The Balaban J connectivity index is 1.66. The number of benzene rings is 1. The van der Waals surface area contributed by atoms with Gasteiger partial charge >= 0.3 is 6.09 Å². The van der Waals surface area contributed by atoms with Crippen LogP contribution in [0.5, 0.6) is 0 Å². The van der Waals surface area contributed by atoms with E-state index in [1.807, 2.05) is 25.7 Å². The highest BCUT2D eigenvalue weighted by Crippen LogP contribution is 2.37. The lowest BCUT2D eigenvalue weighted by atomic mass is 10.0. The van der Waals surface area contributed by atoms with Crippen LogP contribution in [0.1, 0.15) is 45.7 Å². The number of carbonyl (C=O) groups is 1. The highest BCUT2D eigenvalue weighted by Gasteiger charge is 2.45. The van der Waals surface area contributed by atoms with Crippen molar-refractivity contribution in [3.8, 4) is 0 Å². The molecule has 2 fully saturated rings. The van der Waals surface area contributed by atoms with Gasteiger partial charge in [-0.25, -0.2) is 4.79 Å². The zero-order chi connectivity index (χ0) is 16.6. The van der Waals surface area contributed by atoms with Gasteiger partial charge in [-0.2, -0.15) is 0 Å². The Hall–Kier alpha value is -1.55. The molecule has 2 aliphatic rings. The monoisotopic (exact) mass is 316 g/mol. The number of likely N-dealkylation sites (tertiary alicyclic amines) is 2. The van der Waals surface area contributed by atoms with Gasteiger partial charge in [0.15, 0.2) is 0 Å². The summed E-state index contributed by atoms with van der Waals surface area (Å²) in [7, 11) is 0. The van der Waals surface area contributed by atoms with Gasteiger partial charge in [-0.1, -0.05) is 30.3 Å². The second kappa shape index (κ2) is 6.16. The quantitative estimate of drug-likeness (QED) is 0.834. The first-order valence-electron chi connectivity index (χ1n) is 8.64. The summed E-state index contributed by atoms with van der Waals surface area (Å²) < 4.78 is 5.54. The van der Waals surface area contributed by atoms with Gasteiger partial charge in [-0.15, -0.1) is 0 Å². The number of rotatable bonds is 2. The van der Waals surface area contributed by atoms with E-state index in [9.17, 15) is 4.79 Å². The van der Waals surface area contributed by atoms with Crippen LogP contribution in [0, 0.1) is 5.92 Å². The molecule has 0 spiro atoms. The van der Waals surface area contributed by atoms with Gasteiger partial charge in [0.25, 0.3) is 0 Å². The summed E-state index contributed by atoms with van der Waals surface area (Å²) in [6, 6.07) is 11.5. The molecule has 0 N–H and O–H groups in total. The van der Waals surface area contributed by atoms with E-state index in [4.69, 9.17) is 4.74 Å². The third-order valence-electron chi connectivity index (χ3n) is 5.02. The molecule has 0 unspecified atom stereocenters. The highest BCUT2D eigenvalue weighted by atomic mass is 16.6. The van der Waals surface area contributed by atoms with E-state index in [1.165, 1.54) is 12.0 Å². The minimum atomic E-state index is -0.425. The molecule has 2 saturated heterocycles. The zero-order valence-electron chi connectivity index (χ0n) is 14.7. The van der Waals surface area contributed by atoms with Crippen molar-refractivity contribution in [2.75, 3.05) is 19.6 Å². The Morgan fingerprint density at radius 1 is 1.22 bits per heavy atom. The Labute approximate surface area is 139 Å². The molecular formula is C19H28N2O2. The third kappa shape index (κ3) is 3.52. The normalized spacial score (nSPS) is 26.2. The average Bonchev–Trinajstić information content (AvgIpc) is 3.05. The van der Waals surface area contributed by atoms with Crippen molar-refractivity contribution in [1.82, 2.24) is 9.80 Å². The van der Waals surface area contributed by atoms with E-state index in [2.05, 4.69) is 42.2 Å². The van der Waals surface area contributed by atoms with Crippen molar-refractivity contribution >= 4 is 6.09 Å². The molecule has 4 nitrogen and oxygen atoms in total. The fourth-order valence-corrected chi connectivity index (χ4v) is 3.87. The number of ether oxygens (including phenoxy) is 1. The van der Waals surface area contributed by atoms with Crippen molar-refractivity contribution in [2.24, 2.45) is 5.92 Å². The number of hydrogen-bond acceptors (Lipinski definition) is 3. The van der Waals surface area contributed by atoms with Crippen molar-refractivity contribution < 1.29 is 9.53 Å². The van der Waals surface area contributed by atoms with Crippen LogP contribution in [0.4, 0.5) is 4.79 Å². The van der Waals surface area contributed by atoms with Crippen LogP contribution in [-0.4, -0.2) is 47.2 Å². The smallest absolute Gasteiger partial charge is 0.410 e. The Morgan fingerprint density at radius 2 is 1.91 bits per heavy atom. The first-order chi connectivity index (χ1) is 10.8. The molecule has 1 aromatic rings. The molecule has 0 radical (unpaired) electrons. The summed E-state index contributed by atoms with van der Waals surface area (Å²) in [6.45, 7) is 10.8. The molecule has 2 heterocycles. The van der Waals surface area contributed by atoms with Crippen molar-refractivity contribution in [3.63, 3.8) is 0 Å². The predicted molar refractivity (Wildman–Crippen MR) is 91.3 cm³/mol. The number of nitrogens with zero attached hydrogens (tertiary/aromatic N) is 2. The third-order valence-corrected chi connectivity index (χ3v) is 5.02. The van der Waals surface area contributed by atoms with Gasteiger partial charge in [0.2, 0.25) is 0 Å². The summed E-state index contributed by atoms with van der Waals surface area (Å²) >= 11 is 0. The second-order valence-electron chi connectivity index (χ2n) is 7.83. The largest absolute Gasteiger partial charge is 0.444 e. The minimum Gasteiger partial charge on any atom is -0.444 e. The second-order valence-corrected chi connectivity index (χ2v) is 7.83. The summed E-state index contributed by atoms with van der Waals surface area (Å²) in [5.41, 5.74) is 0.926. The van der Waals surface area contributed by atoms with Gasteiger partial charge < -0.3 is 9.64 Å². The van der Waals surface area contributed by atoms with Crippen LogP contribution in [0.2, 0.25) is 0 Å². The molecule has 23 heavy (non-hydrogen) atoms. The lowest BCUT2D eigenvalue weighted by Gasteiger charge is -2.31. The van der Waals surface area contributed by atoms with E-state index < -0.39 is 5.60 Å². The van der Waals surface area contributed by atoms with E-state index in [1.54, 1.807) is 0 Å². The van der Waals surface area contributed by atoms with E-state index >= 15 is 0 Å². The molecule has 0 aromatic heterocycles. The van der Waals surface area contributed by atoms with E-state index in [0.717, 1.165) is 19.6 Å². The summed E-state index contributed by atoms with van der Waals surface area (Å²) in [4.78, 5) is 16.8. The van der Waals surface area contributed by atoms with Crippen LogP contribution < -0.4 is 0 Å². The molecule has 3 rings (SSSR count). The number of fused-ring (bicyclic) bond motifs is 1. The zero-order valence-corrected chi connectivity index (χ0v) is 14.7. The Morgan fingerprint density at radius 3 is 2.57 bits per heavy atom. The number of hydrogen-bond donors (Lipinski definition) is 0. The van der Waals surface area contributed by atoms with Crippen molar-refractivity contribution in [3.05, 3.63) is 35.9 Å². The first-order valence-corrected chi connectivity index (χ1v) is 8.64. The van der Waals surface area contributed by atoms with Crippen LogP contribution in [0.25, 0.3) is 0 Å². The van der Waals surface area contributed by atoms with E-state index in [0.29, 0.717) is 18.0 Å². The van der Waals surface area contributed by atoms with Crippen LogP contribution in [0.3, 0.4) is 0 Å². The summed E-state index contributed by atoms with van der Waals surface area (Å²) in [5, 5.41) is 0. The maximum atomic E-state index is 12.3. The van der Waals surface area contributed by atoms with Gasteiger partial charge in [0.05, 0.1) is 0 Å². The lowest BCUT2D eigenvalue weighted by molar-refractivity contribution is 0.0267. The molecule has 126 valence electrons. The van der Waals surface area contributed by atoms with Crippen molar-refractivity contribution in [1.29, 1.82) is 0 Å². The fraction of sp³-hybridized carbons (Fsp3) is 0.632. The molecule has 4 heteroatoms. The average molecular weight is 316 g/mol. The maximum absolute atomic E-state index is 12.3. The lowest BCUT2D eigenvalue weighted by Crippen LogP contribution is -2.40. The minimum absolute atomic E-state index is 0.167. The molecule has 0 aliphatic carbocycles. The van der Waals surface area contributed by atoms with E-state index in [-0.39, 0.29) is 6.09 Å². The molecular weight excluding hydrogens is 288 g/mol. The van der Waals surface area contributed by atoms with Crippen LogP contribution in [0.15, 0.2) is 30.3 Å². The van der Waals surface area contributed by atoms with Gasteiger partial charge in [-0.3, -0.25) is 4.90 Å². The Bertz CT molecular complexity index is 552. The fourth-order valence-electron chi connectivity index (χ4n) is 3.87. The van der Waals surface area contributed by atoms with Gasteiger partial charge in [0.1, 0.15) is 5.60 Å². The molecule has 1 aromatic carbocycles. The summed E-state index contributed by atoms with van der Waals surface area (Å²) in [6.07, 6.45) is 1.00. The predicted octanol–water partition coefficient (Wildman–Crippen LogP) is 3.69. The molecule has 0 saturated carbocycles. The molecule has 2 aliphatic heterocycles. The topological polar surface area (TPSA) is 32.8 Å². The first kappa shape index (κ1) is 16.3. The molecule has 1 amide bonds. The maximum Gasteiger partial charge on any atom is 0.410 e. The van der Waals surface area contributed by atoms with Crippen LogP contribution >= 0.6 is 0 Å². The Kier molecular flexibility index (Phi) is 4.37. The van der Waals surface area contributed by atoms with Gasteiger partial charge in [0, 0.05) is 25.2 Å².